The molecule has 1 heterocycles. The van der Waals surface area contributed by atoms with Crippen LogP contribution in [0.25, 0.3) is 11.1 Å². The van der Waals surface area contributed by atoms with Crippen LogP contribution in [0.5, 0.6) is 0 Å². The number of oxazole rings is 1. The molecule has 0 spiro atoms. The molecule has 0 fully saturated rings. The number of aryl methyl sites for hydroxylation is 1. The molecule has 0 bridgehead atoms. The van der Waals surface area contributed by atoms with Gasteiger partial charge in [-0.3, -0.25) is 9.36 Å². The van der Waals surface area contributed by atoms with Crippen molar-refractivity contribution < 1.29 is 9.21 Å². The van der Waals surface area contributed by atoms with Crippen molar-refractivity contribution in [2.45, 2.75) is 13.8 Å². The summed E-state index contributed by atoms with van der Waals surface area (Å²) in [5.74, 6) is -0.399. The van der Waals surface area contributed by atoms with Gasteiger partial charge in [0.1, 0.15) is 0 Å². The van der Waals surface area contributed by atoms with Crippen LogP contribution < -0.4 is 11.1 Å². The van der Waals surface area contributed by atoms with Gasteiger partial charge >= 0.3 is 5.76 Å². The Kier molecular flexibility index (Phi) is 3.32. The van der Waals surface area contributed by atoms with Gasteiger partial charge in [0.2, 0.25) is 0 Å². The summed E-state index contributed by atoms with van der Waals surface area (Å²) in [4.78, 5) is 23.8. The van der Waals surface area contributed by atoms with Crippen molar-refractivity contribution >= 4 is 16.9 Å². The van der Waals surface area contributed by atoms with E-state index in [1.54, 1.807) is 25.2 Å². The van der Waals surface area contributed by atoms with E-state index in [1.807, 2.05) is 20.9 Å². The first kappa shape index (κ1) is 13.5. The van der Waals surface area contributed by atoms with Crippen LogP contribution in [-0.4, -0.2) is 23.9 Å². The summed E-state index contributed by atoms with van der Waals surface area (Å²) in [6, 6.07) is 5.11. The first-order valence-electron chi connectivity index (χ1n) is 6.16. The number of nitrogens with one attached hydrogen (secondary N) is 1. The average molecular weight is 262 g/mol. The number of aromatic nitrogens is 1. The smallest absolute Gasteiger partial charge is 0.408 e. The van der Waals surface area contributed by atoms with Crippen molar-refractivity contribution in [2.75, 3.05) is 13.6 Å². The Bertz CT molecular complexity index is 680. The van der Waals surface area contributed by atoms with Gasteiger partial charge < -0.3 is 9.73 Å². The van der Waals surface area contributed by atoms with Gasteiger partial charge in [-0.1, -0.05) is 13.8 Å². The normalized spacial score (nSPS) is 12.0. The predicted molar refractivity (Wildman–Crippen MR) is 73.5 cm³/mol. The van der Waals surface area contributed by atoms with Crippen LogP contribution in [0.15, 0.2) is 27.4 Å². The molecule has 0 amide bonds. The molecule has 0 radical (unpaired) electrons. The highest BCUT2D eigenvalue weighted by atomic mass is 16.4. The molecule has 1 N–H and O–H groups in total. The van der Waals surface area contributed by atoms with Crippen LogP contribution in [0.1, 0.15) is 24.2 Å². The number of carbonyl (C=O) groups is 1. The molecular weight excluding hydrogens is 244 g/mol. The molecule has 0 saturated heterocycles. The van der Waals surface area contributed by atoms with E-state index in [4.69, 9.17) is 4.42 Å². The Morgan fingerprint density at radius 1 is 1.42 bits per heavy atom. The van der Waals surface area contributed by atoms with Gasteiger partial charge in [0, 0.05) is 24.6 Å². The molecule has 5 nitrogen and oxygen atoms in total. The predicted octanol–water partition coefficient (Wildman–Crippen LogP) is 1.56. The van der Waals surface area contributed by atoms with Gasteiger partial charge in [0.05, 0.1) is 5.52 Å². The molecule has 2 aromatic rings. The first-order chi connectivity index (χ1) is 8.86. The van der Waals surface area contributed by atoms with E-state index in [2.05, 4.69) is 5.32 Å². The van der Waals surface area contributed by atoms with Gasteiger partial charge in [-0.15, -0.1) is 0 Å². The van der Waals surface area contributed by atoms with Crippen molar-refractivity contribution in [3.63, 3.8) is 0 Å². The number of hydrogen-bond acceptors (Lipinski definition) is 4. The third kappa shape index (κ3) is 2.33. The van der Waals surface area contributed by atoms with Crippen LogP contribution in [0.2, 0.25) is 0 Å². The summed E-state index contributed by atoms with van der Waals surface area (Å²) in [6.07, 6.45) is 0. The summed E-state index contributed by atoms with van der Waals surface area (Å²) in [6.45, 7) is 4.36. The molecule has 0 atom stereocenters. The maximum absolute atomic E-state index is 12.4. The molecule has 0 aliphatic carbocycles. The Morgan fingerprint density at radius 2 is 2.11 bits per heavy atom. The summed E-state index contributed by atoms with van der Waals surface area (Å²) >= 11 is 0. The molecule has 0 aliphatic heterocycles. The lowest BCUT2D eigenvalue weighted by atomic mass is 9.84. The van der Waals surface area contributed by atoms with Crippen molar-refractivity contribution in [1.29, 1.82) is 0 Å². The molecule has 0 aliphatic rings. The quantitative estimate of drug-likeness (QED) is 0.849. The molecule has 1 aromatic heterocycles. The van der Waals surface area contributed by atoms with Crippen molar-refractivity contribution in [3.8, 4) is 0 Å². The standard InChI is InChI=1S/C14H18N2O3/c1-14(2,8-15-3)12(17)9-5-6-10-11(7-9)19-13(18)16(10)4/h5-7,15H,8H2,1-4H3. The SMILES string of the molecule is CNCC(C)(C)C(=O)c1ccc2c(c1)oc(=O)n2C. The maximum Gasteiger partial charge on any atom is 0.419 e. The number of Topliss-reactive ketones (excluding diaryl/α,β-unsaturated/α-hetero) is 1. The molecule has 102 valence electrons. The molecule has 5 heteroatoms. The fraction of sp³-hybridized carbons (Fsp3) is 0.429. The van der Waals surface area contributed by atoms with E-state index in [1.165, 1.54) is 4.57 Å². The number of hydrogen-bond donors (Lipinski definition) is 1. The van der Waals surface area contributed by atoms with E-state index in [-0.39, 0.29) is 5.78 Å². The van der Waals surface area contributed by atoms with E-state index in [0.29, 0.717) is 23.2 Å². The second kappa shape index (κ2) is 4.66. The lowest BCUT2D eigenvalue weighted by Gasteiger charge is -2.22. The Balaban J connectivity index is 2.47. The highest BCUT2D eigenvalue weighted by Crippen LogP contribution is 2.23. The fourth-order valence-corrected chi connectivity index (χ4v) is 2.19. The van der Waals surface area contributed by atoms with Crippen LogP contribution >= 0.6 is 0 Å². The third-order valence-electron chi connectivity index (χ3n) is 3.29. The molecule has 1 aromatic carbocycles. The summed E-state index contributed by atoms with van der Waals surface area (Å²) in [5, 5.41) is 3.01. The number of nitrogens with zero attached hydrogens (tertiary/aromatic N) is 1. The Hall–Kier alpha value is -1.88. The minimum atomic E-state index is -0.502. The number of fused-ring (bicyclic) bond motifs is 1. The first-order valence-corrected chi connectivity index (χ1v) is 6.16. The zero-order chi connectivity index (χ0) is 14.2. The lowest BCUT2D eigenvalue weighted by molar-refractivity contribution is 0.0839. The van der Waals surface area contributed by atoms with Gasteiger partial charge in [-0.2, -0.15) is 0 Å². The minimum absolute atomic E-state index is 0.0234. The van der Waals surface area contributed by atoms with Crippen molar-refractivity contribution in [3.05, 3.63) is 34.3 Å². The summed E-state index contributed by atoms with van der Waals surface area (Å²) in [7, 11) is 3.45. The monoisotopic (exact) mass is 262 g/mol. The van der Waals surface area contributed by atoms with Crippen LogP contribution in [0.4, 0.5) is 0 Å². The van der Waals surface area contributed by atoms with E-state index < -0.39 is 11.2 Å². The molecule has 19 heavy (non-hydrogen) atoms. The number of benzene rings is 1. The zero-order valence-corrected chi connectivity index (χ0v) is 11.6. The zero-order valence-electron chi connectivity index (χ0n) is 11.6. The summed E-state index contributed by atoms with van der Waals surface area (Å²) < 4.78 is 6.52. The number of ketones is 1. The fourth-order valence-electron chi connectivity index (χ4n) is 2.19. The molecule has 0 unspecified atom stereocenters. The van der Waals surface area contributed by atoms with E-state index >= 15 is 0 Å². The van der Waals surface area contributed by atoms with Gasteiger partial charge in [0.15, 0.2) is 11.4 Å². The van der Waals surface area contributed by atoms with E-state index in [0.717, 1.165) is 0 Å². The summed E-state index contributed by atoms with van der Waals surface area (Å²) in [5.41, 5.74) is 1.19. The van der Waals surface area contributed by atoms with E-state index in [9.17, 15) is 9.59 Å². The highest BCUT2D eigenvalue weighted by Gasteiger charge is 2.28. The van der Waals surface area contributed by atoms with Crippen LogP contribution in [-0.2, 0) is 7.05 Å². The lowest BCUT2D eigenvalue weighted by Crippen LogP contribution is -2.34. The maximum atomic E-state index is 12.4. The third-order valence-corrected chi connectivity index (χ3v) is 3.29. The van der Waals surface area contributed by atoms with Gasteiger partial charge in [0.25, 0.3) is 0 Å². The second-order valence-electron chi connectivity index (χ2n) is 5.35. The topological polar surface area (TPSA) is 64.2 Å². The Labute approximate surface area is 111 Å². The molecular formula is C14H18N2O3. The molecule has 0 saturated carbocycles. The largest absolute Gasteiger partial charge is 0.419 e. The van der Waals surface area contributed by atoms with Gasteiger partial charge in [-0.25, -0.2) is 4.79 Å². The Morgan fingerprint density at radius 3 is 2.74 bits per heavy atom. The van der Waals surface area contributed by atoms with Crippen molar-refractivity contribution in [1.82, 2.24) is 9.88 Å². The second-order valence-corrected chi connectivity index (χ2v) is 5.35. The van der Waals surface area contributed by atoms with Crippen LogP contribution in [0, 0.1) is 5.41 Å². The van der Waals surface area contributed by atoms with Gasteiger partial charge in [-0.05, 0) is 25.2 Å². The highest BCUT2D eigenvalue weighted by molar-refractivity contribution is 6.02. The minimum Gasteiger partial charge on any atom is -0.408 e. The number of rotatable bonds is 4. The van der Waals surface area contributed by atoms with Crippen LogP contribution in [0.3, 0.4) is 0 Å². The number of carbonyl (C=O) groups excluding carboxylic acids is 1. The molecule has 2 rings (SSSR count). The van der Waals surface area contributed by atoms with Crippen molar-refractivity contribution in [2.24, 2.45) is 12.5 Å². The average Bonchev–Trinajstić information content (AvgIpc) is 2.63.